The van der Waals surface area contributed by atoms with Crippen LogP contribution in [-0.2, 0) is 6.42 Å². The second-order valence-electron chi connectivity index (χ2n) is 6.36. The molecular formula is C22H18N2O2. The molecule has 0 aliphatic rings. The molecule has 0 fully saturated rings. The van der Waals surface area contributed by atoms with Gasteiger partial charge in [0.1, 0.15) is 12.4 Å². The van der Waals surface area contributed by atoms with Gasteiger partial charge >= 0.3 is 0 Å². The molecule has 3 aromatic carbocycles. The van der Waals surface area contributed by atoms with Gasteiger partial charge in [0.25, 0.3) is 0 Å². The molecule has 0 radical (unpaired) electrons. The van der Waals surface area contributed by atoms with Crippen molar-refractivity contribution in [2.24, 2.45) is 0 Å². The zero-order chi connectivity index (χ0) is 17.9. The first-order valence-corrected chi connectivity index (χ1v) is 8.53. The molecule has 0 saturated carbocycles. The Hall–Kier alpha value is -3.29. The number of hydrogen-bond donors (Lipinski definition) is 2. The fourth-order valence-electron chi connectivity index (χ4n) is 3.18. The molecule has 4 nitrogen and oxygen atoms in total. The SMILES string of the molecule is N#Cc1ccc2[nH]c3ccc(CC(O)COc4ccccc4)cc3c2c1. The maximum Gasteiger partial charge on any atom is 0.119 e. The number of nitrogens with one attached hydrogen (secondary N) is 1. The normalized spacial score (nSPS) is 12.2. The Kier molecular flexibility index (Phi) is 4.30. The fraction of sp³-hybridized carbons (Fsp3) is 0.136. The van der Waals surface area contributed by atoms with Crippen LogP contribution in [0.3, 0.4) is 0 Å². The molecule has 1 heterocycles. The first kappa shape index (κ1) is 16.2. The summed E-state index contributed by atoms with van der Waals surface area (Å²) in [5, 5.41) is 21.5. The lowest BCUT2D eigenvalue weighted by molar-refractivity contribution is 0.108. The van der Waals surface area contributed by atoms with E-state index in [-0.39, 0.29) is 6.61 Å². The smallest absolute Gasteiger partial charge is 0.119 e. The Bertz CT molecular complexity index is 1090. The minimum absolute atomic E-state index is 0.245. The lowest BCUT2D eigenvalue weighted by atomic mass is 10.0. The molecule has 128 valence electrons. The van der Waals surface area contributed by atoms with E-state index in [1.807, 2.05) is 60.7 Å². The van der Waals surface area contributed by atoms with E-state index in [2.05, 4.69) is 17.1 Å². The highest BCUT2D eigenvalue weighted by Crippen LogP contribution is 2.27. The summed E-state index contributed by atoms with van der Waals surface area (Å²) >= 11 is 0. The van der Waals surface area contributed by atoms with E-state index >= 15 is 0 Å². The van der Waals surface area contributed by atoms with Crippen molar-refractivity contribution in [2.75, 3.05) is 6.61 Å². The van der Waals surface area contributed by atoms with E-state index < -0.39 is 6.10 Å². The number of aliphatic hydroxyl groups is 1. The summed E-state index contributed by atoms with van der Waals surface area (Å²) in [6.45, 7) is 0.245. The van der Waals surface area contributed by atoms with Crippen LogP contribution in [-0.4, -0.2) is 22.8 Å². The molecule has 0 spiro atoms. The van der Waals surface area contributed by atoms with Crippen molar-refractivity contribution >= 4 is 21.8 Å². The van der Waals surface area contributed by atoms with Crippen molar-refractivity contribution in [3.63, 3.8) is 0 Å². The summed E-state index contributed by atoms with van der Waals surface area (Å²) < 4.78 is 5.62. The quantitative estimate of drug-likeness (QED) is 0.572. The van der Waals surface area contributed by atoms with Crippen molar-refractivity contribution in [3.05, 3.63) is 77.9 Å². The van der Waals surface area contributed by atoms with E-state index in [1.54, 1.807) is 0 Å². The van der Waals surface area contributed by atoms with E-state index in [4.69, 9.17) is 10.00 Å². The van der Waals surface area contributed by atoms with E-state index in [1.165, 1.54) is 0 Å². The number of para-hydroxylation sites is 1. The molecule has 0 aliphatic heterocycles. The van der Waals surface area contributed by atoms with Gasteiger partial charge in [-0.15, -0.1) is 0 Å². The van der Waals surface area contributed by atoms with Gasteiger partial charge in [0.2, 0.25) is 0 Å². The molecule has 1 atom stereocenters. The number of aromatic amines is 1. The second kappa shape index (κ2) is 6.91. The van der Waals surface area contributed by atoms with Gasteiger partial charge in [0.15, 0.2) is 0 Å². The molecule has 26 heavy (non-hydrogen) atoms. The van der Waals surface area contributed by atoms with Gasteiger partial charge in [-0.05, 0) is 48.0 Å². The molecule has 0 amide bonds. The van der Waals surface area contributed by atoms with Crippen LogP contribution in [0, 0.1) is 11.3 Å². The van der Waals surface area contributed by atoms with E-state index in [0.29, 0.717) is 12.0 Å². The van der Waals surface area contributed by atoms with Gasteiger partial charge in [-0.1, -0.05) is 24.3 Å². The maximum absolute atomic E-state index is 10.3. The molecule has 0 aliphatic carbocycles. The number of aliphatic hydroxyl groups excluding tert-OH is 1. The van der Waals surface area contributed by atoms with Gasteiger partial charge in [0, 0.05) is 28.2 Å². The average Bonchev–Trinajstić information content (AvgIpc) is 3.04. The zero-order valence-corrected chi connectivity index (χ0v) is 14.1. The van der Waals surface area contributed by atoms with Crippen LogP contribution < -0.4 is 4.74 Å². The van der Waals surface area contributed by atoms with Crippen LogP contribution in [0.15, 0.2) is 66.7 Å². The number of ether oxygens (including phenoxy) is 1. The van der Waals surface area contributed by atoms with Crippen LogP contribution in [0.1, 0.15) is 11.1 Å². The predicted molar refractivity (Wildman–Crippen MR) is 102 cm³/mol. The molecule has 4 aromatic rings. The minimum atomic E-state index is -0.590. The highest BCUT2D eigenvalue weighted by molar-refractivity contribution is 6.07. The summed E-state index contributed by atoms with van der Waals surface area (Å²) in [5.74, 6) is 0.752. The molecule has 0 bridgehead atoms. The third kappa shape index (κ3) is 3.26. The van der Waals surface area contributed by atoms with Crippen molar-refractivity contribution in [1.29, 1.82) is 5.26 Å². The molecule has 0 saturated heterocycles. The van der Waals surface area contributed by atoms with Crippen molar-refractivity contribution < 1.29 is 9.84 Å². The molecule has 2 N–H and O–H groups in total. The Morgan fingerprint density at radius 3 is 2.46 bits per heavy atom. The molecular weight excluding hydrogens is 324 g/mol. The molecule has 4 rings (SSSR count). The van der Waals surface area contributed by atoms with Gasteiger partial charge in [0.05, 0.1) is 17.7 Å². The number of nitrogens with zero attached hydrogens (tertiary/aromatic N) is 1. The lowest BCUT2D eigenvalue weighted by Crippen LogP contribution is -2.20. The monoisotopic (exact) mass is 342 g/mol. The van der Waals surface area contributed by atoms with Gasteiger partial charge < -0.3 is 14.8 Å². The summed E-state index contributed by atoms with van der Waals surface area (Å²) in [6, 6.07) is 23.4. The standard InChI is InChI=1S/C22H18N2O2/c23-13-16-7-9-22-20(12-16)19-11-15(6-8-21(19)24-22)10-17(25)14-26-18-4-2-1-3-5-18/h1-9,11-12,17,24-25H,10,14H2. The number of nitriles is 1. The number of rotatable bonds is 5. The van der Waals surface area contributed by atoms with Gasteiger partial charge in [-0.2, -0.15) is 5.26 Å². The van der Waals surface area contributed by atoms with Crippen LogP contribution in [0.25, 0.3) is 21.8 Å². The molecule has 1 aromatic heterocycles. The largest absolute Gasteiger partial charge is 0.491 e. The summed E-state index contributed by atoms with van der Waals surface area (Å²) in [5.41, 5.74) is 3.70. The number of hydrogen-bond acceptors (Lipinski definition) is 3. The Labute approximate surface area is 151 Å². The highest BCUT2D eigenvalue weighted by Gasteiger charge is 2.10. The lowest BCUT2D eigenvalue weighted by Gasteiger charge is -2.12. The van der Waals surface area contributed by atoms with Crippen LogP contribution >= 0.6 is 0 Å². The molecule has 1 unspecified atom stereocenters. The van der Waals surface area contributed by atoms with Crippen LogP contribution in [0.5, 0.6) is 5.75 Å². The van der Waals surface area contributed by atoms with Gasteiger partial charge in [-0.3, -0.25) is 0 Å². The summed E-state index contributed by atoms with van der Waals surface area (Å²) in [4.78, 5) is 3.36. The Morgan fingerprint density at radius 2 is 1.69 bits per heavy atom. The highest BCUT2D eigenvalue weighted by atomic mass is 16.5. The van der Waals surface area contributed by atoms with Crippen molar-refractivity contribution in [2.45, 2.75) is 12.5 Å². The Balaban J connectivity index is 1.54. The summed E-state index contributed by atoms with van der Waals surface area (Å²) in [6.07, 6.45) is -0.0829. The minimum Gasteiger partial charge on any atom is -0.491 e. The van der Waals surface area contributed by atoms with Crippen molar-refractivity contribution in [1.82, 2.24) is 4.98 Å². The predicted octanol–water partition coefficient (Wildman–Crippen LogP) is 4.18. The average molecular weight is 342 g/mol. The fourth-order valence-corrected chi connectivity index (χ4v) is 3.18. The number of aromatic nitrogens is 1. The summed E-state index contributed by atoms with van der Waals surface area (Å²) in [7, 11) is 0. The van der Waals surface area contributed by atoms with Gasteiger partial charge in [-0.25, -0.2) is 0 Å². The van der Waals surface area contributed by atoms with Crippen LogP contribution in [0.4, 0.5) is 0 Å². The third-order valence-corrected chi connectivity index (χ3v) is 4.45. The topological polar surface area (TPSA) is 69.0 Å². The first-order valence-electron chi connectivity index (χ1n) is 8.53. The van der Waals surface area contributed by atoms with Crippen LogP contribution in [0.2, 0.25) is 0 Å². The van der Waals surface area contributed by atoms with E-state index in [0.717, 1.165) is 33.1 Å². The molecule has 4 heteroatoms. The van der Waals surface area contributed by atoms with Crippen molar-refractivity contribution in [3.8, 4) is 11.8 Å². The second-order valence-corrected chi connectivity index (χ2v) is 6.36. The zero-order valence-electron chi connectivity index (χ0n) is 14.1. The number of fused-ring (bicyclic) bond motifs is 3. The first-order chi connectivity index (χ1) is 12.7. The number of benzene rings is 3. The maximum atomic E-state index is 10.3. The third-order valence-electron chi connectivity index (χ3n) is 4.45. The Morgan fingerprint density at radius 1 is 0.962 bits per heavy atom. The number of H-pyrrole nitrogens is 1. The van der Waals surface area contributed by atoms with E-state index in [9.17, 15) is 5.11 Å².